The maximum absolute atomic E-state index is 11.9. The lowest BCUT2D eigenvalue weighted by atomic mass is 10.3. The fourth-order valence-corrected chi connectivity index (χ4v) is 2.96. The first-order chi connectivity index (χ1) is 9.21. The molecule has 0 fully saturated rings. The number of rotatable bonds is 7. The monoisotopic (exact) mass is 321 g/mol. The molecule has 0 atom stereocenters. The molecule has 0 spiro atoms. The second-order valence-electron chi connectivity index (χ2n) is 4.00. The molecule has 1 aromatic rings. The van der Waals surface area contributed by atoms with Crippen molar-refractivity contribution in [2.45, 2.75) is 13.3 Å². The highest BCUT2D eigenvalue weighted by Crippen LogP contribution is 2.17. The van der Waals surface area contributed by atoms with Gasteiger partial charge in [-0.3, -0.25) is 14.3 Å². The number of carboxylic acid groups (broad SMARTS) is 1. The van der Waals surface area contributed by atoms with Crippen molar-refractivity contribution in [3.63, 3.8) is 0 Å². The summed E-state index contributed by atoms with van der Waals surface area (Å²) >= 11 is 1.06. The van der Waals surface area contributed by atoms with Gasteiger partial charge in [0.15, 0.2) is 5.13 Å². The first kappa shape index (κ1) is 16.4. The molecule has 1 amide bonds. The van der Waals surface area contributed by atoms with Gasteiger partial charge in [-0.2, -0.15) is 0 Å². The molecule has 1 heterocycles. The van der Waals surface area contributed by atoms with Crippen LogP contribution in [0.2, 0.25) is 0 Å². The van der Waals surface area contributed by atoms with Crippen LogP contribution in [0, 0.1) is 0 Å². The van der Waals surface area contributed by atoms with Crippen LogP contribution < -0.4 is 4.72 Å². The maximum atomic E-state index is 11.9. The van der Waals surface area contributed by atoms with Crippen molar-refractivity contribution >= 4 is 38.4 Å². The van der Waals surface area contributed by atoms with Gasteiger partial charge in [0, 0.05) is 11.9 Å². The summed E-state index contributed by atoms with van der Waals surface area (Å²) in [6.45, 7) is 1.59. The zero-order valence-corrected chi connectivity index (χ0v) is 12.6. The van der Waals surface area contributed by atoms with Crippen LogP contribution in [-0.4, -0.2) is 54.6 Å². The highest BCUT2D eigenvalue weighted by molar-refractivity contribution is 7.92. The highest BCUT2D eigenvalue weighted by atomic mass is 32.2. The van der Waals surface area contributed by atoms with Gasteiger partial charge in [0.1, 0.15) is 6.54 Å². The number of nitrogens with one attached hydrogen (secondary N) is 1. The van der Waals surface area contributed by atoms with Crippen LogP contribution in [0.25, 0.3) is 0 Å². The van der Waals surface area contributed by atoms with Crippen molar-refractivity contribution < 1.29 is 23.1 Å². The Balaban J connectivity index is 2.68. The zero-order chi connectivity index (χ0) is 15.3. The van der Waals surface area contributed by atoms with E-state index in [0.717, 1.165) is 17.6 Å². The van der Waals surface area contributed by atoms with Crippen molar-refractivity contribution in [2.24, 2.45) is 0 Å². The largest absolute Gasteiger partial charge is 0.480 e. The Kier molecular flexibility index (Phi) is 5.45. The van der Waals surface area contributed by atoms with Gasteiger partial charge in [-0.1, -0.05) is 0 Å². The molecule has 0 aliphatic carbocycles. The Labute approximate surface area is 120 Å². The van der Waals surface area contributed by atoms with Gasteiger partial charge >= 0.3 is 5.97 Å². The Morgan fingerprint density at radius 2 is 2.15 bits per heavy atom. The summed E-state index contributed by atoms with van der Waals surface area (Å²) in [5, 5.41) is 10.4. The average molecular weight is 321 g/mol. The molecule has 0 saturated heterocycles. The fourth-order valence-electron chi connectivity index (χ4n) is 1.40. The lowest BCUT2D eigenvalue weighted by molar-refractivity contribution is -0.144. The smallest absolute Gasteiger partial charge is 0.323 e. The zero-order valence-electron chi connectivity index (χ0n) is 11.0. The minimum atomic E-state index is -3.40. The normalized spacial score (nSPS) is 11.1. The molecule has 0 aliphatic rings. The third kappa shape index (κ3) is 5.53. The molecule has 0 saturated carbocycles. The number of carbonyl (C=O) groups excluding carboxylic acids is 1. The Bertz CT molecular complexity index is 596. The fraction of sp³-hybridized carbons (Fsp3) is 0.500. The average Bonchev–Trinajstić information content (AvgIpc) is 2.70. The number of sulfonamides is 1. The van der Waals surface area contributed by atoms with Gasteiger partial charge in [0.25, 0.3) is 0 Å². The third-order valence-electron chi connectivity index (χ3n) is 2.22. The van der Waals surface area contributed by atoms with E-state index in [9.17, 15) is 18.0 Å². The van der Waals surface area contributed by atoms with Gasteiger partial charge in [-0.05, 0) is 6.92 Å². The predicted molar refractivity (Wildman–Crippen MR) is 74.2 cm³/mol. The minimum Gasteiger partial charge on any atom is -0.480 e. The molecular formula is C10H15N3O5S2. The Hall–Kier alpha value is -1.68. The number of hydrogen-bond donors (Lipinski definition) is 2. The second kappa shape index (κ2) is 6.66. The number of hydrogen-bond acceptors (Lipinski definition) is 6. The molecule has 8 nitrogen and oxygen atoms in total. The second-order valence-corrected chi connectivity index (χ2v) is 6.60. The van der Waals surface area contributed by atoms with Crippen LogP contribution in [0.4, 0.5) is 5.13 Å². The number of thiazole rings is 1. The van der Waals surface area contributed by atoms with E-state index in [0.29, 0.717) is 5.69 Å². The van der Waals surface area contributed by atoms with Gasteiger partial charge in [-0.25, -0.2) is 13.4 Å². The number of nitrogens with zero attached hydrogens (tertiary/aromatic N) is 2. The van der Waals surface area contributed by atoms with E-state index in [1.165, 1.54) is 4.90 Å². The SMILES string of the molecule is CCN(CC(=O)O)C(=O)Cc1csc(NS(C)(=O)=O)n1. The molecule has 20 heavy (non-hydrogen) atoms. The van der Waals surface area contributed by atoms with Crippen LogP contribution in [-0.2, 0) is 26.0 Å². The van der Waals surface area contributed by atoms with Crippen LogP contribution in [0.5, 0.6) is 0 Å². The first-order valence-electron chi connectivity index (χ1n) is 5.63. The van der Waals surface area contributed by atoms with E-state index in [4.69, 9.17) is 5.11 Å². The van der Waals surface area contributed by atoms with Gasteiger partial charge in [0.05, 0.1) is 18.4 Å². The number of likely N-dealkylation sites (N-methyl/N-ethyl adjacent to an activating group) is 1. The van der Waals surface area contributed by atoms with Crippen molar-refractivity contribution in [3.05, 3.63) is 11.1 Å². The molecule has 1 rings (SSSR count). The highest BCUT2D eigenvalue weighted by Gasteiger charge is 2.17. The van der Waals surface area contributed by atoms with Gasteiger partial charge < -0.3 is 10.0 Å². The number of carboxylic acids is 1. The molecule has 0 unspecified atom stereocenters. The summed E-state index contributed by atoms with van der Waals surface area (Å²) in [4.78, 5) is 27.6. The molecule has 2 N–H and O–H groups in total. The Morgan fingerprint density at radius 3 is 2.65 bits per heavy atom. The molecule has 1 aromatic heterocycles. The summed E-state index contributed by atoms with van der Waals surface area (Å²) in [7, 11) is -3.40. The molecule has 0 bridgehead atoms. The van der Waals surface area contributed by atoms with Crippen LogP contribution >= 0.6 is 11.3 Å². The van der Waals surface area contributed by atoms with E-state index in [1.807, 2.05) is 0 Å². The topological polar surface area (TPSA) is 117 Å². The third-order valence-corrected chi connectivity index (χ3v) is 3.72. The minimum absolute atomic E-state index is 0.0664. The first-order valence-corrected chi connectivity index (χ1v) is 8.40. The summed E-state index contributed by atoms with van der Waals surface area (Å²) in [5.41, 5.74) is 0.398. The van der Waals surface area contributed by atoms with E-state index < -0.39 is 16.0 Å². The summed E-state index contributed by atoms with van der Waals surface area (Å²) in [5.74, 6) is -1.45. The molecule has 0 aromatic carbocycles. The van der Waals surface area contributed by atoms with Crippen molar-refractivity contribution in [3.8, 4) is 0 Å². The molecule has 112 valence electrons. The summed E-state index contributed by atoms with van der Waals surface area (Å²) < 4.78 is 24.3. The molecule has 10 heteroatoms. The summed E-state index contributed by atoms with van der Waals surface area (Å²) in [6.07, 6.45) is 0.938. The molecule has 0 radical (unpaired) electrons. The van der Waals surface area contributed by atoms with Crippen LogP contribution in [0.3, 0.4) is 0 Å². The maximum Gasteiger partial charge on any atom is 0.323 e. The number of aliphatic carboxylic acids is 1. The van der Waals surface area contributed by atoms with Crippen molar-refractivity contribution in [1.29, 1.82) is 0 Å². The van der Waals surface area contributed by atoms with E-state index in [1.54, 1.807) is 12.3 Å². The van der Waals surface area contributed by atoms with Crippen molar-refractivity contribution in [2.75, 3.05) is 24.1 Å². The number of amides is 1. The van der Waals surface area contributed by atoms with Gasteiger partial charge in [0.2, 0.25) is 15.9 Å². The number of anilines is 1. The van der Waals surface area contributed by atoms with Crippen LogP contribution in [0.1, 0.15) is 12.6 Å². The lowest BCUT2D eigenvalue weighted by Crippen LogP contribution is -2.36. The van der Waals surface area contributed by atoms with E-state index in [-0.39, 0.29) is 30.5 Å². The summed E-state index contributed by atoms with van der Waals surface area (Å²) in [6, 6.07) is 0. The number of carbonyl (C=O) groups is 2. The Morgan fingerprint density at radius 1 is 1.50 bits per heavy atom. The van der Waals surface area contributed by atoms with Crippen LogP contribution in [0.15, 0.2) is 5.38 Å². The quantitative estimate of drug-likeness (QED) is 0.729. The molecule has 0 aliphatic heterocycles. The van der Waals surface area contributed by atoms with E-state index >= 15 is 0 Å². The number of aromatic nitrogens is 1. The van der Waals surface area contributed by atoms with Gasteiger partial charge in [-0.15, -0.1) is 11.3 Å². The predicted octanol–water partition coefficient (Wildman–Crippen LogP) is -0.00980. The van der Waals surface area contributed by atoms with E-state index in [2.05, 4.69) is 9.71 Å². The van der Waals surface area contributed by atoms with Crippen molar-refractivity contribution in [1.82, 2.24) is 9.88 Å². The standard InChI is InChI=1S/C10H15N3O5S2/c1-3-13(5-9(15)16)8(14)4-7-6-19-10(11-7)12-20(2,17)18/h6H,3-5H2,1-2H3,(H,11,12)(H,15,16). The molecular weight excluding hydrogens is 306 g/mol. The lowest BCUT2D eigenvalue weighted by Gasteiger charge is -2.17.